The van der Waals surface area contributed by atoms with Crippen molar-refractivity contribution in [3.63, 3.8) is 0 Å². The van der Waals surface area contributed by atoms with Gasteiger partial charge in [-0.15, -0.1) is 0 Å². The van der Waals surface area contributed by atoms with Gasteiger partial charge in [-0.25, -0.2) is 8.42 Å². The Labute approximate surface area is 303 Å². The van der Waals surface area contributed by atoms with Crippen molar-refractivity contribution in [3.05, 3.63) is 112 Å². The second-order valence-corrected chi connectivity index (χ2v) is 13.9. The number of anilines is 1. The highest BCUT2D eigenvalue weighted by atomic mass is 35.5. The molecule has 1 N–H and O–H groups in total. The predicted molar refractivity (Wildman–Crippen MR) is 196 cm³/mol. The Bertz CT molecular complexity index is 1860. The summed E-state index contributed by atoms with van der Waals surface area (Å²) in [5.74, 6) is 0.0377. The van der Waals surface area contributed by atoms with Crippen LogP contribution in [0.2, 0.25) is 10.0 Å². The van der Waals surface area contributed by atoms with Crippen molar-refractivity contribution in [3.8, 4) is 17.2 Å². The Hall–Kier alpha value is -4.45. The lowest BCUT2D eigenvalue weighted by Gasteiger charge is -2.34. The van der Waals surface area contributed by atoms with Crippen LogP contribution in [0.4, 0.5) is 5.69 Å². The zero-order valence-electron chi connectivity index (χ0n) is 28.4. The zero-order chi connectivity index (χ0) is 36.3. The number of rotatable bonds is 17. The molecule has 0 saturated carbocycles. The molecule has 10 nitrogen and oxygen atoms in total. The highest BCUT2D eigenvalue weighted by Gasteiger charge is 2.35. The monoisotopic (exact) mass is 741 g/mol. The first-order valence-electron chi connectivity index (χ1n) is 16.0. The van der Waals surface area contributed by atoms with Crippen molar-refractivity contribution >= 4 is 50.7 Å². The molecule has 0 aromatic heterocycles. The van der Waals surface area contributed by atoms with E-state index in [2.05, 4.69) is 5.32 Å². The van der Waals surface area contributed by atoms with Crippen LogP contribution in [0.25, 0.3) is 0 Å². The number of nitrogens with one attached hydrogen (secondary N) is 1. The van der Waals surface area contributed by atoms with Crippen LogP contribution < -0.4 is 23.8 Å². The molecule has 2 amide bonds. The molecule has 0 radical (unpaired) electrons. The molecule has 50 heavy (non-hydrogen) atoms. The fourth-order valence-electron chi connectivity index (χ4n) is 5.26. The summed E-state index contributed by atoms with van der Waals surface area (Å²) < 4.78 is 46.2. The maximum atomic E-state index is 14.7. The van der Waals surface area contributed by atoms with Crippen molar-refractivity contribution in [2.24, 2.45) is 0 Å². The third-order valence-electron chi connectivity index (χ3n) is 7.83. The van der Waals surface area contributed by atoms with Crippen LogP contribution in [0, 0.1) is 0 Å². The Kier molecular flexibility index (Phi) is 13.8. The molecule has 13 heteroatoms. The van der Waals surface area contributed by atoms with Crippen LogP contribution in [-0.2, 0) is 32.6 Å². The van der Waals surface area contributed by atoms with Gasteiger partial charge in [-0.05, 0) is 73.0 Å². The molecule has 0 heterocycles. The number of amides is 2. The first-order chi connectivity index (χ1) is 24.0. The van der Waals surface area contributed by atoms with E-state index in [-0.39, 0.29) is 35.2 Å². The van der Waals surface area contributed by atoms with Gasteiger partial charge >= 0.3 is 0 Å². The molecule has 0 saturated heterocycles. The maximum Gasteiger partial charge on any atom is 0.264 e. The summed E-state index contributed by atoms with van der Waals surface area (Å²) in [6.45, 7) is 3.82. The summed E-state index contributed by atoms with van der Waals surface area (Å²) in [7, 11) is -1.56. The number of hydrogen-bond acceptors (Lipinski definition) is 7. The van der Waals surface area contributed by atoms with Gasteiger partial charge in [-0.1, -0.05) is 66.5 Å². The van der Waals surface area contributed by atoms with Gasteiger partial charge < -0.3 is 24.4 Å². The van der Waals surface area contributed by atoms with Gasteiger partial charge in [0.05, 0.1) is 31.4 Å². The number of nitrogens with zero attached hydrogens (tertiary/aromatic N) is 2. The summed E-state index contributed by atoms with van der Waals surface area (Å²) in [5, 5.41) is 3.62. The Morgan fingerprint density at radius 3 is 2.18 bits per heavy atom. The van der Waals surface area contributed by atoms with Crippen molar-refractivity contribution in [2.45, 2.75) is 44.2 Å². The third kappa shape index (κ3) is 9.62. The van der Waals surface area contributed by atoms with Crippen molar-refractivity contribution in [1.29, 1.82) is 0 Å². The SMILES string of the molecule is CCCNC(=O)[C@H](Cc1ccccc1)N(Cc1ccc(Cl)cc1Cl)C(=O)CN(c1ccc(OCC)cc1)S(=O)(=O)c1ccc(OC)c(OC)c1. The third-order valence-corrected chi connectivity index (χ3v) is 10.2. The summed E-state index contributed by atoms with van der Waals surface area (Å²) in [6.07, 6.45) is 0.842. The van der Waals surface area contributed by atoms with Crippen LogP contribution in [0.15, 0.2) is 95.9 Å². The molecule has 0 unspecified atom stereocenters. The largest absolute Gasteiger partial charge is 0.494 e. The van der Waals surface area contributed by atoms with Crippen LogP contribution in [0.1, 0.15) is 31.4 Å². The molecule has 0 aliphatic carbocycles. The summed E-state index contributed by atoms with van der Waals surface area (Å²) in [6, 6.07) is 23.7. The first kappa shape index (κ1) is 38.4. The van der Waals surface area contributed by atoms with Crippen LogP contribution in [-0.4, -0.2) is 65.1 Å². The molecular formula is C37H41Cl2N3O7S. The molecule has 0 aliphatic rings. The van der Waals surface area contributed by atoms with E-state index in [1.807, 2.05) is 44.2 Å². The van der Waals surface area contributed by atoms with E-state index in [0.29, 0.717) is 46.7 Å². The lowest BCUT2D eigenvalue weighted by Crippen LogP contribution is -2.53. The molecule has 0 fully saturated rings. The lowest BCUT2D eigenvalue weighted by atomic mass is 10.0. The lowest BCUT2D eigenvalue weighted by molar-refractivity contribution is -0.140. The van der Waals surface area contributed by atoms with Gasteiger partial charge in [0.2, 0.25) is 11.8 Å². The average Bonchev–Trinajstić information content (AvgIpc) is 3.12. The van der Waals surface area contributed by atoms with Gasteiger partial charge in [0.1, 0.15) is 18.3 Å². The first-order valence-corrected chi connectivity index (χ1v) is 18.2. The predicted octanol–water partition coefficient (Wildman–Crippen LogP) is 6.77. The normalized spacial score (nSPS) is 11.7. The van der Waals surface area contributed by atoms with Crippen LogP contribution in [0.5, 0.6) is 17.2 Å². The Morgan fingerprint density at radius 2 is 1.56 bits per heavy atom. The minimum absolute atomic E-state index is 0.0978. The highest BCUT2D eigenvalue weighted by molar-refractivity contribution is 7.92. The van der Waals surface area contributed by atoms with Gasteiger partial charge in [0.25, 0.3) is 10.0 Å². The molecule has 0 spiro atoms. The van der Waals surface area contributed by atoms with Crippen molar-refractivity contribution in [2.75, 3.05) is 38.2 Å². The van der Waals surface area contributed by atoms with E-state index in [4.69, 9.17) is 37.4 Å². The molecule has 4 aromatic rings. The van der Waals surface area contributed by atoms with E-state index in [0.717, 1.165) is 9.87 Å². The second kappa shape index (κ2) is 18.0. The zero-order valence-corrected chi connectivity index (χ0v) is 30.7. The van der Waals surface area contributed by atoms with E-state index in [9.17, 15) is 18.0 Å². The smallest absolute Gasteiger partial charge is 0.264 e. The van der Waals surface area contributed by atoms with Gasteiger partial charge in [0.15, 0.2) is 11.5 Å². The van der Waals surface area contributed by atoms with Crippen LogP contribution in [0.3, 0.4) is 0 Å². The maximum absolute atomic E-state index is 14.7. The summed E-state index contributed by atoms with van der Waals surface area (Å²) >= 11 is 12.8. The second-order valence-electron chi connectivity index (χ2n) is 11.2. The van der Waals surface area contributed by atoms with Gasteiger partial charge in [0, 0.05) is 35.6 Å². The summed E-state index contributed by atoms with van der Waals surface area (Å²) in [5.41, 5.74) is 1.54. The number of methoxy groups -OCH3 is 2. The fraction of sp³-hybridized carbons (Fsp3) is 0.297. The van der Waals surface area contributed by atoms with Crippen molar-refractivity contribution < 1.29 is 32.2 Å². The number of carbonyl (C=O) groups is 2. The summed E-state index contributed by atoms with van der Waals surface area (Å²) in [4.78, 5) is 29.8. The number of halogens is 2. The van der Waals surface area contributed by atoms with E-state index in [1.165, 1.54) is 37.3 Å². The molecular weight excluding hydrogens is 701 g/mol. The van der Waals surface area contributed by atoms with E-state index >= 15 is 0 Å². The average molecular weight is 743 g/mol. The molecule has 1 atom stereocenters. The molecule has 266 valence electrons. The van der Waals surface area contributed by atoms with Gasteiger partial charge in [-0.2, -0.15) is 0 Å². The van der Waals surface area contributed by atoms with E-state index in [1.54, 1.807) is 42.5 Å². The minimum Gasteiger partial charge on any atom is -0.494 e. The molecule has 0 bridgehead atoms. The fourth-order valence-corrected chi connectivity index (χ4v) is 7.16. The highest BCUT2D eigenvalue weighted by Crippen LogP contribution is 2.33. The van der Waals surface area contributed by atoms with Gasteiger partial charge in [-0.3, -0.25) is 13.9 Å². The van der Waals surface area contributed by atoms with Crippen LogP contribution >= 0.6 is 23.2 Å². The quantitative estimate of drug-likeness (QED) is 0.127. The molecule has 4 aromatic carbocycles. The molecule has 4 rings (SSSR count). The molecule has 0 aliphatic heterocycles. The minimum atomic E-state index is -4.41. The Morgan fingerprint density at radius 1 is 0.860 bits per heavy atom. The van der Waals surface area contributed by atoms with Crippen molar-refractivity contribution in [1.82, 2.24) is 10.2 Å². The standard InChI is InChI=1S/C37H41Cl2N3O7S/c1-5-20-40-37(44)33(21-26-10-8-7-9-11-26)41(24-27-12-13-28(38)22-32(27)39)36(43)25-42(29-14-16-30(17-15-29)49-6-2)50(45,46)31-18-19-34(47-3)35(23-31)48-4/h7-19,22-23,33H,5-6,20-21,24-25H2,1-4H3,(H,40,44)/t33-/m0/s1. The number of carbonyl (C=O) groups excluding carboxylic acids is 2. The van der Waals surface area contributed by atoms with E-state index < -0.39 is 28.5 Å². The number of hydrogen-bond donors (Lipinski definition) is 1. The number of benzene rings is 4. The number of sulfonamides is 1. The number of ether oxygens (including phenoxy) is 3. The topological polar surface area (TPSA) is 114 Å². The Balaban J connectivity index is 1.84.